The maximum atomic E-state index is 12.5. The number of carbonyl (C=O) groups excluding carboxylic acids is 2. The molecule has 2 aromatic carbocycles. The van der Waals surface area contributed by atoms with E-state index in [0.717, 1.165) is 16.5 Å². The van der Waals surface area contributed by atoms with E-state index in [1.807, 2.05) is 19.9 Å². The monoisotopic (exact) mass is 434 g/mol. The molecular weight excluding hydrogens is 412 g/mol. The molecule has 2 heterocycles. The zero-order valence-corrected chi connectivity index (χ0v) is 17.9. The molecule has 7 heteroatoms. The molecule has 0 N–H and O–H groups in total. The van der Waals surface area contributed by atoms with Crippen molar-refractivity contribution < 1.29 is 28.2 Å². The van der Waals surface area contributed by atoms with Crippen LogP contribution in [-0.4, -0.2) is 23.6 Å². The average Bonchev–Trinajstić information content (AvgIpc) is 2.72. The van der Waals surface area contributed by atoms with Crippen molar-refractivity contribution in [3.8, 4) is 11.5 Å². The molecule has 0 saturated heterocycles. The van der Waals surface area contributed by atoms with Gasteiger partial charge >= 0.3 is 17.6 Å². The lowest BCUT2D eigenvalue weighted by atomic mass is 9.90. The van der Waals surface area contributed by atoms with Crippen LogP contribution in [-0.2, 0) is 20.7 Å². The minimum Gasteiger partial charge on any atom is -0.484 e. The smallest absolute Gasteiger partial charge is 0.336 e. The van der Waals surface area contributed by atoms with Gasteiger partial charge in [0.05, 0.1) is 0 Å². The lowest BCUT2D eigenvalue weighted by Crippen LogP contribution is -2.48. The number of rotatable bonds is 4. The SMILES string of the molecule is CC(=O)Oc1ccc(C=CC(=O)O[C@@H]2Cc3cc4ccc(=O)oc4cc3OC2(C)C)cc1. The van der Waals surface area contributed by atoms with Crippen molar-refractivity contribution in [2.75, 3.05) is 0 Å². The van der Waals surface area contributed by atoms with Crippen molar-refractivity contribution in [3.63, 3.8) is 0 Å². The van der Waals surface area contributed by atoms with Gasteiger partial charge in [-0.3, -0.25) is 4.79 Å². The van der Waals surface area contributed by atoms with Crippen LogP contribution in [0.2, 0.25) is 0 Å². The van der Waals surface area contributed by atoms with Gasteiger partial charge in [0, 0.05) is 36.9 Å². The maximum absolute atomic E-state index is 12.5. The van der Waals surface area contributed by atoms with E-state index in [9.17, 15) is 14.4 Å². The summed E-state index contributed by atoms with van der Waals surface area (Å²) in [4.78, 5) is 34.9. The van der Waals surface area contributed by atoms with Gasteiger partial charge in [0.1, 0.15) is 28.8 Å². The number of ether oxygens (including phenoxy) is 3. The van der Waals surface area contributed by atoms with Gasteiger partial charge in [0.25, 0.3) is 0 Å². The molecule has 3 aromatic rings. The Balaban J connectivity index is 1.47. The molecule has 0 unspecified atom stereocenters. The second-order valence-corrected chi connectivity index (χ2v) is 8.08. The Bertz CT molecular complexity index is 1270. The zero-order valence-electron chi connectivity index (χ0n) is 17.9. The van der Waals surface area contributed by atoms with Crippen LogP contribution in [0.3, 0.4) is 0 Å². The van der Waals surface area contributed by atoms with Crippen LogP contribution >= 0.6 is 0 Å². The van der Waals surface area contributed by atoms with E-state index in [-0.39, 0.29) is 0 Å². The lowest BCUT2D eigenvalue weighted by Gasteiger charge is -2.39. The summed E-state index contributed by atoms with van der Waals surface area (Å²) in [6, 6.07) is 13.4. The second kappa shape index (κ2) is 8.34. The molecule has 1 atom stereocenters. The molecule has 32 heavy (non-hydrogen) atoms. The number of esters is 2. The summed E-state index contributed by atoms with van der Waals surface area (Å²) in [6.07, 6.45) is 2.93. The van der Waals surface area contributed by atoms with E-state index in [4.69, 9.17) is 18.6 Å². The highest BCUT2D eigenvalue weighted by Gasteiger charge is 2.39. The Morgan fingerprint density at radius 2 is 1.84 bits per heavy atom. The van der Waals surface area contributed by atoms with Crippen LogP contribution in [0.5, 0.6) is 11.5 Å². The number of carbonyl (C=O) groups is 2. The number of hydrogen-bond acceptors (Lipinski definition) is 7. The fraction of sp³-hybridized carbons (Fsp3) is 0.240. The van der Waals surface area contributed by atoms with Gasteiger partial charge in [-0.05, 0) is 55.3 Å². The first-order valence-corrected chi connectivity index (χ1v) is 10.1. The van der Waals surface area contributed by atoms with E-state index in [1.165, 1.54) is 19.1 Å². The topological polar surface area (TPSA) is 92.0 Å². The highest BCUT2D eigenvalue weighted by molar-refractivity contribution is 5.87. The number of fused-ring (bicyclic) bond motifs is 2. The Kier molecular flexibility index (Phi) is 5.57. The Morgan fingerprint density at radius 1 is 1.09 bits per heavy atom. The van der Waals surface area contributed by atoms with Crippen LogP contribution in [0.1, 0.15) is 31.9 Å². The first-order valence-electron chi connectivity index (χ1n) is 10.1. The highest BCUT2D eigenvalue weighted by Crippen LogP contribution is 2.37. The van der Waals surface area contributed by atoms with Gasteiger partial charge in [0.15, 0.2) is 0 Å². The van der Waals surface area contributed by atoms with E-state index in [0.29, 0.717) is 23.5 Å². The summed E-state index contributed by atoms with van der Waals surface area (Å²) >= 11 is 0. The molecule has 4 rings (SSSR count). The first kappa shape index (κ1) is 21.4. The van der Waals surface area contributed by atoms with Crippen molar-refractivity contribution in [3.05, 3.63) is 76.2 Å². The van der Waals surface area contributed by atoms with Crippen LogP contribution in [0, 0.1) is 0 Å². The van der Waals surface area contributed by atoms with E-state index in [2.05, 4.69) is 0 Å². The number of hydrogen-bond donors (Lipinski definition) is 0. The standard InChI is InChI=1S/C25H22O7/c1-15(26)29-19-8-4-16(5-9-19)6-10-24(28)31-22-13-18-12-17-7-11-23(27)30-20(17)14-21(18)32-25(22,2)3/h4-12,14,22H,13H2,1-3H3/t22-/m1/s1. The largest absolute Gasteiger partial charge is 0.484 e. The Morgan fingerprint density at radius 3 is 2.56 bits per heavy atom. The highest BCUT2D eigenvalue weighted by atomic mass is 16.6. The van der Waals surface area contributed by atoms with Crippen LogP contribution in [0.25, 0.3) is 17.0 Å². The third kappa shape index (κ3) is 4.72. The van der Waals surface area contributed by atoms with Crippen molar-refractivity contribution in [1.29, 1.82) is 0 Å². The predicted molar refractivity (Wildman–Crippen MR) is 118 cm³/mol. The van der Waals surface area contributed by atoms with Gasteiger partial charge in [0.2, 0.25) is 0 Å². The van der Waals surface area contributed by atoms with Crippen molar-refractivity contribution in [1.82, 2.24) is 0 Å². The minimum atomic E-state index is -0.773. The molecule has 7 nitrogen and oxygen atoms in total. The molecule has 0 bridgehead atoms. The summed E-state index contributed by atoms with van der Waals surface area (Å²) in [5.41, 5.74) is 0.881. The molecule has 1 aromatic heterocycles. The average molecular weight is 434 g/mol. The van der Waals surface area contributed by atoms with Gasteiger partial charge in [-0.25, -0.2) is 9.59 Å². The Hall–Kier alpha value is -3.87. The molecular formula is C25H22O7. The summed E-state index contributed by atoms with van der Waals surface area (Å²) in [6.45, 7) is 5.02. The molecule has 0 spiro atoms. The van der Waals surface area contributed by atoms with E-state index >= 15 is 0 Å². The van der Waals surface area contributed by atoms with E-state index < -0.39 is 29.3 Å². The van der Waals surface area contributed by atoms with Crippen LogP contribution in [0.4, 0.5) is 0 Å². The van der Waals surface area contributed by atoms with Gasteiger partial charge in [-0.2, -0.15) is 0 Å². The molecule has 0 aliphatic carbocycles. The van der Waals surface area contributed by atoms with Crippen LogP contribution < -0.4 is 15.1 Å². The third-order valence-electron chi connectivity index (χ3n) is 5.17. The van der Waals surface area contributed by atoms with Crippen molar-refractivity contribution in [2.24, 2.45) is 0 Å². The second-order valence-electron chi connectivity index (χ2n) is 8.08. The van der Waals surface area contributed by atoms with Gasteiger partial charge < -0.3 is 18.6 Å². The molecule has 164 valence electrons. The third-order valence-corrected chi connectivity index (χ3v) is 5.17. The predicted octanol–water partition coefficient (Wildman–Crippen LogP) is 4.06. The normalized spacial score (nSPS) is 16.9. The number of benzene rings is 2. The summed E-state index contributed by atoms with van der Waals surface area (Å²) in [7, 11) is 0. The summed E-state index contributed by atoms with van der Waals surface area (Å²) in [5, 5.41) is 0.772. The molecule has 1 aliphatic heterocycles. The minimum absolute atomic E-state index is 0.395. The van der Waals surface area contributed by atoms with Crippen molar-refractivity contribution in [2.45, 2.75) is 38.9 Å². The molecule has 0 fully saturated rings. The molecule has 1 aliphatic rings. The van der Waals surface area contributed by atoms with Gasteiger partial charge in [-0.15, -0.1) is 0 Å². The van der Waals surface area contributed by atoms with Gasteiger partial charge in [-0.1, -0.05) is 12.1 Å². The fourth-order valence-corrected chi connectivity index (χ4v) is 3.53. The Labute approximate surface area is 184 Å². The molecule has 0 amide bonds. The molecule has 0 radical (unpaired) electrons. The zero-order chi connectivity index (χ0) is 22.9. The van der Waals surface area contributed by atoms with E-state index in [1.54, 1.807) is 42.5 Å². The molecule has 0 saturated carbocycles. The summed E-state index contributed by atoms with van der Waals surface area (Å²) in [5.74, 6) is 0.149. The quantitative estimate of drug-likeness (QED) is 0.265. The maximum Gasteiger partial charge on any atom is 0.336 e. The first-order chi connectivity index (χ1) is 15.2. The summed E-state index contributed by atoms with van der Waals surface area (Å²) < 4.78 is 22.0. The fourth-order valence-electron chi connectivity index (χ4n) is 3.53. The van der Waals surface area contributed by atoms with Crippen LogP contribution in [0.15, 0.2) is 63.8 Å². The lowest BCUT2D eigenvalue weighted by molar-refractivity contribution is -0.155. The van der Waals surface area contributed by atoms with Crippen molar-refractivity contribution >= 4 is 29.0 Å².